The molecule has 0 atom stereocenters. The van der Waals surface area contributed by atoms with Gasteiger partial charge < -0.3 is 4.74 Å². The highest BCUT2D eigenvalue weighted by atomic mass is 32.2. The maximum atomic E-state index is 12.3. The molecule has 0 radical (unpaired) electrons. The summed E-state index contributed by atoms with van der Waals surface area (Å²) in [6.07, 6.45) is -3.88. The Morgan fingerprint density at radius 1 is 1.22 bits per heavy atom. The number of hydrogen-bond donors (Lipinski definition) is 0. The standard InChI is InChI=1S/C10H12F3NO3S/c1-17-9-5-3-8(4-6-9)14(18(2,15)16)7-10(11,12)13/h3-6H,7H2,1-2H3. The maximum absolute atomic E-state index is 12.3. The van der Waals surface area contributed by atoms with Crippen molar-refractivity contribution in [2.45, 2.75) is 6.18 Å². The molecule has 0 aliphatic heterocycles. The summed E-state index contributed by atoms with van der Waals surface area (Å²) >= 11 is 0. The molecule has 0 aromatic heterocycles. The second-order valence-electron chi connectivity index (χ2n) is 3.58. The fourth-order valence-electron chi connectivity index (χ4n) is 1.31. The quantitative estimate of drug-likeness (QED) is 0.849. The molecule has 8 heteroatoms. The van der Waals surface area contributed by atoms with E-state index < -0.39 is 22.7 Å². The third-order valence-electron chi connectivity index (χ3n) is 2.08. The van der Waals surface area contributed by atoms with Gasteiger partial charge in [0.25, 0.3) is 0 Å². The molecule has 0 spiro atoms. The van der Waals surface area contributed by atoms with Crippen molar-refractivity contribution in [2.75, 3.05) is 24.2 Å². The number of benzene rings is 1. The Kier molecular flexibility index (Phi) is 4.10. The van der Waals surface area contributed by atoms with Crippen molar-refractivity contribution in [3.8, 4) is 5.75 Å². The first-order valence-corrected chi connectivity index (χ1v) is 6.67. The second-order valence-corrected chi connectivity index (χ2v) is 5.49. The van der Waals surface area contributed by atoms with Crippen molar-refractivity contribution >= 4 is 15.7 Å². The van der Waals surface area contributed by atoms with Crippen LogP contribution in [-0.2, 0) is 10.0 Å². The molecular weight excluding hydrogens is 271 g/mol. The molecule has 0 aliphatic carbocycles. The first-order valence-electron chi connectivity index (χ1n) is 4.82. The number of halogens is 3. The molecule has 1 aromatic carbocycles. The molecule has 4 nitrogen and oxygen atoms in total. The monoisotopic (exact) mass is 283 g/mol. The molecule has 0 saturated carbocycles. The minimum absolute atomic E-state index is 0.0596. The molecule has 18 heavy (non-hydrogen) atoms. The van der Waals surface area contributed by atoms with Crippen molar-refractivity contribution < 1.29 is 26.3 Å². The van der Waals surface area contributed by atoms with Crippen LogP contribution in [-0.4, -0.2) is 34.5 Å². The summed E-state index contributed by atoms with van der Waals surface area (Å²) in [5.41, 5.74) is -0.0596. The Bertz CT molecular complexity index is 496. The molecule has 0 aliphatic rings. The highest BCUT2D eigenvalue weighted by molar-refractivity contribution is 7.92. The van der Waals surface area contributed by atoms with E-state index in [9.17, 15) is 21.6 Å². The molecule has 1 aromatic rings. The fraction of sp³-hybridized carbons (Fsp3) is 0.400. The number of sulfonamides is 1. The highest BCUT2D eigenvalue weighted by Crippen LogP contribution is 2.26. The molecule has 0 N–H and O–H groups in total. The van der Waals surface area contributed by atoms with Crippen molar-refractivity contribution in [1.29, 1.82) is 0 Å². The van der Waals surface area contributed by atoms with E-state index in [0.717, 1.165) is 6.26 Å². The topological polar surface area (TPSA) is 46.6 Å². The van der Waals surface area contributed by atoms with Crippen LogP contribution < -0.4 is 9.04 Å². The summed E-state index contributed by atoms with van der Waals surface area (Å²) in [6, 6.07) is 5.30. The Morgan fingerprint density at radius 2 is 1.72 bits per heavy atom. The maximum Gasteiger partial charge on any atom is 0.407 e. The number of hydrogen-bond acceptors (Lipinski definition) is 3. The third-order valence-corrected chi connectivity index (χ3v) is 3.22. The van der Waals surface area contributed by atoms with Crippen molar-refractivity contribution in [3.05, 3.63) is 24.3 Å². The first-order chi connectivity index (χ1) is 8.13. The van der Waals surface area contributed by atoms with Crippen LogP contribution in [0.25, 0.3) is 0 Å². The number of rotatable bonds is 4. The third kappa shape index (κ3) is 4.10. The van der Waals surface area contributed by atoms with E-state index in [1.807, 2.05) is 0 Å². The van der Waals surface area contributed by atoms with Crippen LogP contribution in [0.2, 0.25) is 0 Å². The SMILES string of the molecule is COc1ccc(N(CC(F)(F)F)S(C)(=O)=O)cc1. The summed E-state index contributed by atoms with van der Waals surface area (Å²) in [5, 5.41) is 0. The van der Waals surface area contributed by atoms with E-state index >= 15 is 0 Å². The van der Waals surface area contributed by atoms with Crippen molar-refractivity contribution in [1.82, 2.24) is 0 Å². The molecule has 0 saturated heterocycles. The van der Waals surface area contributed by atoms with Crippen LogP contribution in [0.15, 0.2) is 24.3 Å². The van der Waals surface area contributed by atoms with Gasteiger partial charge in [-0.05, 0) is 24.3 Å². The Hall–Kier alpha value is -1.44. The lowest BCUT2D eigenvalue weighted by molar-refractivity contribution is -0.117. The molecule has 1 rings (SSSR count). The Morgan fingerprint density at radius 3 is 2.06 bits per heavy atom. The lowest BCUT2D eigenvalue weighted by Crippen LogP contribution is -2.38. The highest BCUT2D eigenvalue weighted by Gasteiger charge is 2.34. The molecule has 0 heterocycles. The van der Waals surface area contributed by atoms with Crippen LogP contribution in [0.1, 0.15) is 0 Å². The Labute approximate surface area is 103 Å². The van der Waals surface area contributed by atoms with Gasteiger partial charge >= 0.3 is 6.18 Å². The van der Waals surface area contributed by atoms with Crippen molar-refractivity contribution in [3.63, 3.8) is 0 Å². The molecule has 0 amide bonds. The van der Waals surface area contributed by atoms with E-state index in [1.165, 1.54) is 31.4 Å². The predicted molar refractivity (Wildman–Crippen MR) is 61.2 cm³/mol. The van der Waals surface area contributed by atoms with Gasteiger partial charge in [-0.2, -0.15) is 13.2 Å². The molecule has 102 valence electrons. The zero-order valence-corrected chi connectivity index (χ0v) is 10.5. The summed E-state index contributed by atoms with van der Waals surface area (Å²) in [4.78, 5) is 0. The number of alkyl halides is 3. The van der Waals surface area contributed by atoms with Gasteiger partial charge in [0.05, 0.1) is 19.1 Å². The molecule has 0 unspecified atom stereocenters. The summed E-state index contributed by atoms with van der Waals surface area (Å²) in [5.74, 6) is 0.430. The van der Waals surface area contributed by atoms with Gasteiger partial charge in [-0.25, -0.2) is 8.42 Å². The van der Waals surface area contributed by atoms with Crippen LogP contribution >= 0.6 is 0 Å². The molecular formula is C10H12F3NO3S. The largest absolute Gasteiger partial charge is 0.497 e. The molecule has 0 bridgehead atoms. The van der Waals surface area contributed by atoms with Gasteiger partial charge in [0, 0.05) is 0 Å². The average molecular weight is 283 g/mol. The van der Waals surface area contributed by atoms with Gasteiger partial charge in [-0.15, -0.1) is 0 Å². The van der Waals surface area contributed by atoms with Gasteiger partial charge in [0.15, 0.2) is 0 Å². The zero-order chi connectivity index (χ0) is 14.0. The lowest BCUT2D eigenvalue weighted by atomic mass is 10.3. The van der Waals surface area contributed by atoms with Gasteiger partial charge in [0.1, 0.15) is 12.3 Å². The lowest BCUT2D eigenvalue weighted by Gasteiger charge is -2.23. The van der Waals surface area contributed by atoms with Gasteiger partial charge in [-0.3, -0.25) is 4.31 Å². The minimum atomic E-state index is -4.61. The van der Waals surface area contributed by atoms with Crippen LogP contribution in [0, 0.1) is 0 Å². The van der Waals surface area contributed by atoms with Gasteiger partial charge in [0.2, 0.25) is 10.0 Å². The summed E-state index contributed by atoms with van der Waals surface area (Å²) in [7, 11) is -2.60. The summed E-state index contributed by atoms with van der Waals surface area (Å²) < 4.78 is 64.9. The zero-order valence-electron chi connectivity index (χ0n) is 9.73. The second kappa shape index (κ2) is 5.05. The number of methoxy groups -OCH3 is 1. The number of anilines is 1. The normalized spacial score (nSPS) is 12.3. The van der Waals surface area contributed by atoms with E-state index in [0.29, 0.717) is 10.1 Å². The predicted octanol–water partition coefficient (Wildman–Crippen LogP) is 2.02. The van der Waals surface area contributed by atoms with Crippen molar-refractivity contribution in [2.24, 2.45) is 0 Å². The summed E-state index contributed by atoms with van der Waals surface area (Å²) in [6.45, 7) is -1.56. The van der Waals surface area contributed by atoms with Crippen LogP contribution in [0.5, 0.6) is 5.75 Å². The van der Waals surface area contributed by atoms with Crippen LogP contribution in [0.3, 0.4) is 0 Å². The number of ether oxygens (including phenoxy) is 1. The minimum Gasteiger partial charge on any atom is -0.497 e. The van der Waals surface area contributed by atoms with E-state index in [1.54, 1.807) is 0 Å². The van der Waals surface area contributed by atoms with Crippen LogP contribution in [0.4, 0.5) is 18.9 Å². The Balaban J connectivity index is 3.10. The van der Waals surface area contributed by atoms with Gasteiger partial charge in [-0.1, -0.05) is 0 Å². The molecule has 0 fully saturated rings. The van der Waals surface area contributed by atoms with E-state index in [2.05, 4.69) is 0 Å². The van der Waals surface area contributed by atoms with E-state index in [-0.39, 0.29) is 5.69 Å². The van der Waals surface area contributed by atoms with E-state index in [4.69, 9.17) is 4.74 Å². The average Bonchev–Trinajstić information content (AvgIpc) is 2.24. The smallest absolute Gasteiger partial charge is 0.407 e. The number of nitrogens with zero attached hydrogens (tertiary/aromatic N) is 1. The fourth-order valence-corrected chi connectivity index (χ4v) is 2.20. The first kappa shape index (κ1) is 14.6.